The molecule has 0 aliphatic rings. The molecule has 14 heavy (non-hydrogen) atoms. The minimum Gasteiger partial charge on any atom is -0.464 e. The predicted molar refractivity (Wildman–Crippen MR) is 45.4 cm³/mol. The van der Waals surface area contributed by atoms with Crippen molar-refractivity contribution in [2.45, 2.75) is 6.42 Å². The van der Waals surface area contributed by atoms with E-state index in [4.69, 9.17) is 9.68 Å². The van der Waals surface area contributed by atoms with E-state index in [2.05, 4.69) is 0 Å². The summed E-state index contributed by atoms with van der Waals surface area (Å²) in [7, 11) is 0. The first-order chi connectivity index (χ1) is 6.74. The Morgan fingerprint density at radius 1 is 1.43 bits per heavy atom. The van der Waals surface area contributed by atoms with Crippen molar-refractivity contribution in [3.05, 3.63) is 35.6 Å². The van der Waals surface area contributed by atoms with Gasteiger partial charge in [-0.3, -0.25) is 0 Å². The lowest BCUT2D eigenvalue weighted by atomic mass is 10.1. The van der Waals surface area contributed by atoms with Crippen molar-refractivity contribution in [3.8, 4) is 6.07 Å². The highest BCUT2D eigenvalue weighted by molar-refractivity contribution is 5.80. The third-order valence-corrected chi connectivity index (χ3v) is 1.98. The molecule has 0 atom stereocenters. The van der Waals surface area contributed by atoms with Gasteiger partial charge in [0.15, 0.2) is 11.6 Å². The highest BCUT2D eigenvalue weighted by atomic mass is 19.2. The van der Waals surface area contributed by atoms with Gasteiger partial charge in [-0.1, -0.05) is 0 Å². The number of benzene rings is 1. The maximum absolute atomic E-state index is 13.2. The molecule has 0 fully saturated rings. The van der Waals surface area contributed by atoms with Crippen molar-refractivity contribution < 1.29 is 13.2 Å². The highest BCUT2D eigenvalue weighted by Gasteiger charge is 2.15. The van der Waals surface area contributed by atoms with E-state index in [1.165, 1.54) is 12.3 Å². The molecule has 0 N–H and O–H groups in total. The molecule has 4 heteroatoms. The van der Waals surface area contributed by atoms with Gasteiger partial charge in [-0.2, -0.15) is 5.26 Å². The molecule has 0 bridgehead atoms. The number of fused-ring (bicyclic) bond motifs is 1. The van der Waals surface area contributed by atoms with Gasteiger partial charge < -0.3 is 4.42 Å². The van der Waals surface area contributed by atoms with E-state index < -0.39 is 11.6 Å². The number of nitrogens with zero attached hydrogens (tertiary/aromatic N) is 1. The molecular formula is C10H5F2NO. The number of furan rings is 1. The van der Waals surface area contributed by atoms with Crippen molar-refractivity contribution in [2.24, 2.45) is 0 Å². The molecule has 2 nitrogen and oxygen atoms in total. The lowest BCUT2D eigenvalue weighted by Crippen LogP contribution is -1.93. The van der Waals surface area contributed by atoms with Crippen molar-refractivity contribution in [1.82, 2.24) is 0 Å². The number of halogens is 2. The molecule has 2 aromatic rings. The molecule has 0 saturated carbocycles. The highest BCUT2D eigenvalue weighted by Crippen LogP contribution is 2.25. The summed E-state index contributed by atoms with van der Waals surface area (Å²) in [4.78, 5) is 0. The Labute approximate surface area is 78.4 Å². The summed E-state index contributed by atoms with van der Waals surface area (Å²) in [5.41, 5.74) is 0.220. The smallest absolute Gasteiger partial charge is 0.166 e. The van der Waals surface area contributed by atoms with Crippen molar-refractivity contribution in [1.29, 1.82) is 5.26 Å². The zero-order chi connectivity index (χ0) is 10.1. The summed E-state index contributed by atoms with van der Waals surface area (Å²) >= 11 is 0. The number of rotatable bonds is 1. The van der Waals surface area contributed by atoms with Crippen LogP contribution in [0.15, 0.2) is 22.8 Å². The fourth-order valence-corrected chi connectivity index (χ4v) is 1.36. The fourth-order valence-electron chi connectivity index (χ4n) is 1.36. The Hall–Kier alpha value is -1.89. The first kappa shape index (κ1) is 8.70. The van der Waals surface area contributed by atoms with Crippen molar-refractivity contribution >= 4 is 11.0 Å². The van der Waals surface area contributed by atoms with Gasteiger partial charge >= 0.3 is 0 Å². The van der Waals surface area contributed by atoms with Gasteiger partial charge in [0.25, 0.3) is 0 Å². The summed E-state index contributed by atoms with van der Waals surface area (Å²) in [5.74, 6) is -1.96. The fraction of sp³-hybridized carbons (Fsp3) is 0.100. The monoisotopic (exact) mass is 193 g/mol. The number of hydrogen-bond donors (Lipinski definition) is 0. The van der Waals surface area contributed by atoms with Crippen LogP contribution in [0.5, 0.6) is 0 Å². The van der Waals surface area contributed by atoms with E-state index >= 15 is 0 Å². The van der Waals surface area contributed by atoms with E-state index in [-0.39, 0.29) is 17.6 Å². The number of hydrogen-bond acceptors (Lipinski definition) is 2. The average molecular weight is 193 g/mol. The summed E-state index contributed by atoms with van der Waals surface area (Å²) in [6, 6.07) is 4.34. The summed E-state index contributed by atoms with van der Waals surface area (Å²) in [6.45, 7) is 0. The molecule has 0 saturated heterocycles. The van der Waals surface area contributed by atoms with Gasteiger partial charge in [-0.15, -0.1) is 0 Å². The van der Waals surface area contributed by atoms with Crippen LogP contribution in [0.2, 0.25) is 0 Å². The number of nitriles is 1. The van der Waals surface area contributed by atoms with Gasteiger partial charge in [0.1, 0.15) is 5.58 Å². The zero-order valence-electron chi connectivity index (χ0n) is 7.05. The first-order valence-corrected chi connectivity index (χ1v) is 3.95. The Kier molecular flexibility index (Phi) is 1.93. The van der Waals surface area contributed by atoms with Crippen LogP contribution in [0.1, 0.15) is 5.56 Å². The maximum Gasteiger partial charge on any atom is 0.166 e. The lowest BCUT2D eigenvalue weighted by molar-refractivity contribution is 0.499. The molecule has 0 unspecified atom stereocenters. The molecule has 0 amide bonds. The maximum atomic E-state index is 13.2. The third-order valence-electron chi connectivity index (χ3n) is 1.98. The lowest BCUT2D eigenvalue weighted by Gasteiger charge is -2.00. The average Bonchev–Trinajstić information content (AvgIpc) is 2.60. The summed E-state index contributed by atoms with van der Waals surface area (Å²) in [6.07, 6.45) is 1.14. The molecule has 70 valence electrons. The van der Waals surface area contributed by atoms with E-state index in [9.17, 15) is 8.78 Å². The predicted octanol–water partition coefficient (Wildman–Crippen LogP) is 2.78. The summed E-state index contributed by atoms with van der Waals surface area (Å²) in [5, 5.41) is 8.92. The second-order valence-corrected chi connectivity index (χ2v) is 2.82. The van der Waals surface area contributed by atoms with E-state index in [0.29, 0.717) is 5.39 Å². The molecule has 1 aromatic heterocycles. The first-order valence-electron chi connectivity index (χ1n) is 3.95. The van der Waals surface area contributed by atoms with E-state index in [1.807, 2.05) is 0 Å². The minimum atomic E-state index is -1.01. The van der Waals surface area contributed by atoms with Crippen LogP contribution in [-0.4, -0.2) is 0 Å². The SMILES string of the molecule is N#CCc1c(F)c(F)cc2ccoc12. The standard InChI is InChI=1S/C10H5F2NO/c11-8-5-6-2-4-14-10(6)7(1-3-13)9(8)12/h2,4-5H,1H2. The van der Waals surface area contributed by atoms with Crippen LogP contribution in [0.4, 0.5) is 8.78 Å². The van der Waals surface area contributed by atoms with E-state index in [1.54, 1.807) is 6.07 Å². The topological polar surface area (TPSA) is 36.9 Å². The Morgan fingerprint density at radius 3 is 2.93 bits per heavy atom. The largest absolute Gasteiger partial charge is 0.464 e. The van der Waals surface area contributed by atoms with E-state index in [0.717, 1.165) is 6.07 Å². The molecular weight excluding hydrogens is 188 g/mol. The molecule has 0 radical (unpaired) electrons. The molecule has 1 heterocycles. The Bertz CT molecular complexity index is 525. The molecule has 2 rings (SSSR count). The van der Waals surface area contributed by atoms with Gasteiger partial charge in [0.2, 0.25) is 0 Å². The second kappa shape index (κ2) is 3.11. The quantitative estimate of drug-likeness (QED) is 0.698. The normalized spacial score (nSPS) is 10.4. The van der Waals surface area contributed by atoms with Crippen LogP contribution in [0.3, 0.4) is 0 Å². The van der Waals surface area contributed by atoms with Crippen LogP contribution >= 0.6 is 0 Å². The van der Waals surface area contributed by atoms with Crippen molar-refractivity contribution in [3.63, 3.8) is 0 Å². The minimum absolute atomic E-state index is 0.0208. The molecule has 1 aromatic carbocycles. The van der Waals surface area contributed by atoms with Gasteiger partial charge in [-0.25, -0.2) is 8.78 Å². The third kappa shape index (κ3) is 1.14. The van der Waals surface area contributed by atoms with Crippen molar-refractivity contribution in [2.75, 3.05) is 0 Å². The van der Waals surface area contributed by atoms with Crippen LogP contribution in [-0.2, 0) is 6.42 Å². The molecule has 0 spiro atoms. The van der Waals surface area contributed by atoms with Gasteiger partial charge in [0.05, 0.1) is 18.8 Å². The van der Waals surface area contributed by atoms with Crippen LogP contribution < -0.4 is 0 Å². The second-order valence-electron chi connectivity index (χ2n) is 2.82. The molecule has 0 aliphatic heterocycles. The van der Waals surface area contributed by atoms with Gasteiger partial charge in [-0.05, 0) is 12.1 Å². The van der Waals surface area contributed by atoms with Crippen LogP contribution in [0, 0.1) is 23.0 Å². The Balaban J connectivity index is 2.81. The molecule has 0 aliphatic carbocycles. The summed E-state index contributed by atoms with van der Waals surface area (Å²) < 4.78 is 31.2. The van der Waals surface area contributed by atoms with Gasteiger partial charge in [0, 0.05) is 10.9 Å². The zero-order valence-corrected chi connectivity index (χ0v) is 7.05. The Morgan fingerprint density at radius 2 is 2.21 bits per heavy atom. The van der Waals surface area contributed by atoms with Crippen LogP contribution in [0.25, 0.3) is 11.0 Å².